The number of carbonyl (C=O) groups excluding carboxylic acids is 1. The summed E-state index contributed by atoms with van der Waals surface area (Å²) in [5.41, 5.74) is 0.882. The summed E-state index contributed by atoms with van der Waals surface area (Å²) in [4.78, 5) is 28.1. The Balaban J connectivity index is 3.00. The fraction of sp³-hybridized carbons (Fsp3) is 0.417. The first-order chi connectivity index (χ1) is 8.49. The van der Waals surface area contributed by atoms with Crippen LogP contribution in [0.1, 0.15) is 22.8 Å². The quantitative estimate of drug-likeness (QED) is 0.803. The number of nitrogens with one attached hydrogen (secondary N) is 1. The third kappa shape index (κ3) is 3.19. The molecule has 0 radical (unpaired) electrons. The van der Waals surface area contributed by atoms with Gasteiger partial charge in [0, 0.05) is 19.8 Å². The van der Waals surface area contributed by atoms with Gasteiger partial charge in [0.05, 0.1) is 12.1 Å². The molecule has 2 N–H and O–H groups in total. The molecule has 0 aliphatic carbocycles. The predicted octanol–water partition coefficient (Wildman–Crippen LogP) is 0.661. The monoisotopic (exact) mass is 251 g/mol. The number of likely N-dealkylation sites (N-methyl/N-ethyl adjacent to an activating group) is 2. The third-order valence-corrected chi connectivity index (χ3v) is 2.59. The number of anilines is 1. The normalized spacial score (nSPS) is 9.94. The van der Waals surface area contributed by atoms with Crippen molar-refractivity contribution in [2.24, 2.45) is 0 Å². The van der Waals surface area contributed by atoms with E-state index in [4.69, 9.17) is 5.11 Å². The molecule has 1 aromatic heterocycles. The van der Waals surface area contributed by atoms with Crippen LogP contribution >= 0.6 is 0 Å². The first-order valence-corrected chi connectivity index (χ1v) is 5.65. The standard InChI is InChI=1S/C12H17N3O3/c1-4-15(7-10(16)13-3)11-8(2)5-9(6-14-11)12(17)18/h5-6H,4,7H2,1-3H3,(H,13,16)(H,17,18). The average molecular weight is 251 g/mol. The number of aromatic nitrogens is 1. The van der Waals surface area contributed by atoms with Gasteiger partial charge in [-0.3, -0.25) is 4.79 Å². The summed E-state index contributed by atoms with van der Waals surface area (Å²) in [5, 5.41) is 11.4. The van der Waals surface area contributed by atoms with Crippen molar-refractivity contribution in [3.05, 3.63) is 23.4 Å². The lowest BCUT2D eigenvalue weighted by atomic mass is 10.2. The van der Waals surface area contributed by atoms with Crippen LogP contribution in [0.4, 0.5) is 5.82 Å². The topological polar surface area (TPSA) is 82.5 Å². The number of aromatic carboxylic acids is 1. The largest absolute Gasteiger partial charge is 0.478 e. The van der Waals surface area contributed by atoms with E-state index in [9.17, 15) is 9.59 Å². The van der Waals surface area contributed by atoms with Gasteiger partial charge >= 0.3 is 5.97 Å². The summed E-state index contributed by atoms with van der Waals surface area (Å²) in [6.45, 7) is 4.51. The van der Waals surface area contributed by atoms with Crippen LogP contribution < -0.4 is 10.2 Å². The molecule has 6 heteroatoms. The highest BCUT2D eigenvalue weighted by Crippen LogP contribution is 2.17. The van der Waals surface area contributed by atoms with E-state index in [1.54, 1.807) is 24.9 Å². The summed E-state index contributed by atoms with van der Waals surface area (Å²) in [5.74, 6) is -0.488. The van der Waals surface area contributed by atoms with Crippen LogP contribution in [0.25, 0.3) is 0 Å². The number of aryl methyl sites for hydroxylation is 1. The molecule has 1 heterocycles. The van der Waals surface area contributed by atoms with E-state index in [0.29, 0.717) is 12.4 Å². The summed E-state index contributed by atoms with van der Waals surface area (Å²) < 4.78 is 0. The zero-order valence-electron chi connectivity index (χ0n) is 10.7. The minimum Gasteiger partial charge on any atom is -0.478 e. The van der Waals surface area contributed by atoms with Gasteiger partial charge in [0.15, 0.2) is 0 Å². The molecule has 0 bridgehead atoms. The second-order valence-corrected chi connectivity index (χ2v) is 3.86. The molecule has 0 unspecified atom stereocenters. The summed E-state index contributed by atoms with van der Waals surface area (Å²) in [7, 11) is 1.57. The predicted molar refractivity (Wildman–Crippen MR) is 67.9 cm³/mol. The smallest absolute Gasteiger partial charge is 0.337 e. The van der Waals surface area contributed by atoms with Crippen molar-refractivity contribution in [3.8, 4) is 0 Å². The number of pyridine rings is 1. The van der Waals surface area contributed by atoms with Crippen LogP contribution in [-0.4, -0.2) is 42.1 Å². The maximum atomic E-state index is 11.4. The van der Waals surface area contributed by atoms with Crippen molar-refractivity contribution in [3.63, 3.8) is 0 Å². The number of hydrogen-bond donors (Lipinski definition) is 2. The SMILES string of the molecule is CCN(CC(=O)NC)c1ncc(C(=O)O)cc1C. The van der Waals surface area contributed by atoms with E-state index in [2.05, 4.69) is 10.3 Å². The van der Waals surface area contributed by atoms with Crippen LogP contribution in [0.5, 0.6) is 0 Å². The first kappa shape index (κ1) is 14.0. The highest BCUT2D eigenvalue weighted by atomic mass is 16.4. The van der Waals surface area contributed by atoms with Gasteiger partial charge in [-0.05, 0) is 25.5 Å². The average Bonchev–Trinajstić information content (AvgIpc) is 2.35. The molecular weight excluding hydrogens is 234 g/mol. The second kappa shape index (κ2) is 6.00. The van der Waals surface area contributed by atoms with Crippen molar-refractivity contribution in [2.75, 3.05) is 25.0 Å². The molecule has 0 atom stereocenters. The molecule has 98 valence electrons. The van der Waals surface area contributed by atoms with Crippen LogP contribution in [0, 0.1) is 6.92 Å². The Labute approximate surface area is 106 Å². The maximum Gasteiger partial charge on any atom is 0.337 e. The molecule has 1 aromatic rings. The molecule has 0 aliphatic heterocycles. The molecule has 6 nitrogen and oxygen atoms in total. The molecule has 1 rings (SSSR count). The van der Waals surface area contributed by atoms with Crippen molar-refractivity contribution in [1.29, 1.82) is 0 Å². The fourth-order valence-electron chi connectivity index (χ4n) is 1.60. The lowest BCUT2D eigenvalue weighted by molar-refractivity contribution is -0.119. The van der Waals surface area contributed by atoms with Crippen molar-refractivity contribution >= 4 is 17.7 Å². The first-order valence-electron chi connectivity index (χ1n) is 5.65. The second-order valence-electron chi connectivity index (χ2n) is 3.86. The van der Waals surface area contributed by atoms with E-state index >= 15 is 0 Å². The van der Waals surface area contributed by atoms with E-state index in [-0.39, 0.29) is 18.0 Å². The highest BCUT2D eigenvalue weighted by Gasteiger charge is 2.14. The molecule has 18 heavy (non-hydrogen) atoms. The Hall–Kier alpha value is -2.11. The Bertz CT molecular complexity index is 460. The van der Waals surface area contributed by atoms with Crippen LogP contribution in [0.3, 0.4) is 0 Å². The minimum atomic E-state index is -1.01. The zero-order valence-corrected chi connectivity index (χ0v) is 10.7. The lowest BCUT2D eigenvalue weighted by Gasteiger charge is -2.22. The van der Waals surface area contributed by atoms with Crippen LogP contribution in [0.2, 0.25) is 0 Å². The van der Waals surface area contributed by atoms with E-state index in [0.717, 1.165) is 5.56 Å². The van der Waals surface area contributed by atoms with Gasteiger partial charge in [-0.1, -0.05) is 0 Å². The Morgan fingerprint density at radius 3 is 2.61 bits per heavy atom. The number of hydrogen-bond acceptors (Lipinski definition) is 4. The van der Waals surface area contributed by atoms with E-state index in [1.807, 2.05) is 6.92 Å². The zero-order chi connectivity index (χ0) is 13.7. The van der Waals surface area contributed by atoms with Gasteiger partial charge in [-0.2, -0.15) is 0 Å². The fourth-order valence-corrected chi connectivity index (χ4v) is 1.60. The summed E-state index contributed by atoms with van der Waals surface area (Å²) in [6, 6.07) is 1.55. The van der Waals surface area contributed by atoms with E-state index < -0.39 is 5.97 Å². The van der Waals surface area contributed by atoms with Gasteiger partial charge in [-0.15, -0.1) is 0 Å². The molecule has 0 saturated heterocycles. The lowest BCUT2D eigenvalue weighted by Crippen LogP contribution is -2.36. The molecule has 1 amide bonds. The molecule has 0 aromatic carbocycles. The molecule has 0 fully saturated rings. The van der Waals surface area contributed by atoms with Gasteiger partial charge in [-0.25, -0.2) is 9.78 Å². The molecule has 0 spiro atoms. The molecule has 0 aliphatic rings. The van der Waals surface area contributed by atoms with Crippen LogP contribution in [-0.2, 0) is 4.79 Å². The maximum absolute atomic E-state index is 11.4. The number of nitrogens with zero attached hydrogens (tertiary/aromatic N) is 2. The van der Waals surface area contributed by atoms with Crippen molar-refractivity contribution in [2.45, 2.75) is 13.8 Å². The third-order valence-electron chi connectivity index (χ3n) is 2.59. The van der Waals surface area contributed by atoms with E-state index in [1.165, 1.54) is 6.20 Å². The van der Waals surface area contributed by atoms with Gasteiger partial charge < -0.3 is 15.3 Å². The highest BCUT2D eigenvalue weighted by molar-refractivity contribution is 5.88. The number of amides is 1. The molecule has 0 saturated carbocycles. The van der Waals surface area contributed by atoms with Gasteiger partial charge in [0.1, 0.15) is 5.82 Å². The van der Waals surface area contributed by atoms with Gasteiger partial charge in [0.2, 0.25) is 5.91 Å². The Morgan fingerprint density at radius 2 is 2.17 bits per heavy atom. The Morgan fingerprint density at radius 1 is 1.50 bits per heavy atom. The number of carboxylic acids is 1. The van der Waals surface area contributed by atoms with Crippen molar-refractivity contribution in [1.82, 2.24) is 10.3 Å². The van der Waals surface area contributed by atoms with Crippen molar-refractivity contribution < 1.29 is 14.7 Å². The molecular formula is C12H17N3O3. The number of carbonyl (C=O) groups is 2. The van der Waals surface area contributed by atoms with Gasteiger partial charge in [0.25, 0.3) is 0 Å². The number of rotatable bonds is 5. The summed E-state index contributed by atoms with van der Waals surface area (Å²) in [6.07, 6.45) is 1.30. The Kier molecular flexibility index (Phi) is 4.65. The number of carboxylic acid groups (broad SMARTS) is 1. The van der Waals surface area contributed by atoms with Crippen LogP contribution in [0.15, 0.2) is 12.3 Å². The minimum absolute atomic E-state index is 0.111. The summed E-state index contributed by atoms with van der Waals surface area (Å²) >= 11 is 0.